The SMILES string of the molecule is Cc1ccccc1-c1ccccc1[PH](=O)CC(O)(c1ccccc1)c1ccccc1. The number of benzene rings is 4. The van der Waals surface area contributed by atoms with Gasteiger partial charge in [-0.3, -0.25) is 0 Å². The molecule has 0 saturated carbocycles. The molecule has 0 heterocycles. The van der Waals surface area contributed by atoms with Gasteiger partial charge >= 0.3 is 0 Å². The van der Waals surface area contributed by atoms with Crippen LogP contribution in [0, 0.1) is 6.92 Å². The Bertz CT molecular complexity index is 1110. The molecule has 0 aliphatic carbocycles. The molecule has 0 fully saturated rings. The number of hydrogen-bond donors (Lipinski definition) is 1. The Labute approximate surface area is 178 Å². The van der Waals surface area contributed by atoms with Crippen LogP contribution in [0.1, 0.15) is 16.7 Å². The molecule has 0 aliphatic heterocycles. The lowest BCUT2D eigenvalue weighted by molar-refractivity contribution is 0.106. The fourth-order valence-electron chi connectivity index (χ4n) is 3.96. The molecule has 0 radical (unpaired) electrons. The molecule has 4 rings (SSSR count). The van der Waals surface area contributed by atoms with E-state index in [0.717, 1.165) is 33.1 Å². The van der Waals surface area contributed by atoms with Gasteiger partial charge in [-0.2, -0.15) is 0 Å². The number of rotatable bonds is 6. The van der Waals surface area contributed by atoms with E-state index in [0.29, 0.717) is 0 Å². The Kier molecular flexibility index (Phi) is 5.99. The van der Waals surface area contributed by atoms with Crippen molar-refractivity contribution in [3.05, 3.63) is 126 Å². The van der Waals surface area contributed by atoms with Gasteiger partial charge in [0.1, 0.15) is 13.4 Å². The molecule has 1 N–H and O–H groups in total. The Morgan fingerprint density at radius 1 is 0.667 bits per heavy atom. The second-order valence-electron chi connectivity index (χ2n) is 7.55. The largest absolute Gasteiger partial charge is 0.380 e. The Morgan fingerprint density at radius 3 is 1.70 bits per heavy atom. The summed E-state index contributed by atoms with van der Waals surface area (Å²) in [5.41, 5.74) is 3.38. The van der Waals surface area contributed by atoms with Gasteiger partial charge in [0.05, 0.1) is 0 Å². The average molecular weight is 412 g/mol. The summed E-state index contributed by atoms with van der Waals surface area (Å²) in [6.07, 6.45) is 0.147. The minimum Gasteiger partial charge on any atom is -0.380 e. The van der Waals surface area contributed by atoms with Crippen LogP contribution >= 0.6 is 7.80 Å². The molecule has 30 heavy (non-hydrogen) atoms. The third-order valence-corrected chi connectivity index (χ3v) is 7.45. The highest BCUT2D eigenvalue weighted by atomic mass is 31.1. The number of aryl methyl sites for hydroxylation is 1. The van der Waals surface area contributed by atoms with Crippen molar-refractivity contribution >= 4 is 13.1 Å². The van der Waals surface area contributed by atoms with Crippen molar-refractivity contribution in [2.45, 2.75) is 12.5 Å². The molecule has 150 valence electrons. The summed E-state index contributed by atoms with van der Waals surface area (Å²) in [5, 5.41) is 12.6. The lowest BCUT2D eigenvalue weighted by atomic mass is 9.88. The van der Waals surface area contributed by atoms with Crippen LogP contribution in [0.2, 0.25) is 0 Å². The summed E-state index contributed by atoms with van der Waals surface area (Å²) in [4.78, 5) is 0. The van der Waals surface area contributed by atoms with Crippen molar-refractivity contribution < 1.29 is 9.67 Å². The first-order valence-electron chi connectivity index (χ1n) is 10.1. The van der Waals surface area contributed by atoms with E-state index in [9.17, 15) is 9.67 Å². The van der Waals surface area contributed by atoms with Crippen LogP contribution in [0.5, 0.6) is 0 Å². The second kappa shape index (κ2) is 8.83. The van der Waals surface area contributed by atoms with Crippen molar-refractivity contribution in [1.82, 2.24) is 0 Å². The third kappa shape index (κ3) is 4.03. The second-order valence-corrected chi connectivity index (χ2v) is 9.29. The van der Waals surface area contributed by atoms with E-state index in [2.05, 4.69) is 19.1 Å². The zero-order valence-corrected chi connectivity index (χ0v) is 18.0. The zero-order chi connectivity index (χ0) is 21.0. The predicted octanol–water partition coefficient (Wildman–Crippen LogP) is 5.78. The molecule has 0 aliphatic rings. The molecule has 0 amide bonds. The van der Waals surface area contributed by atoms with Crippen LogP contribution in [-0.2, 0) is 10.2 Å². The van der Waals surface area contributed by atoms with Crippen molar-refractivity contribution in [2.75, 3.05) is 6.16 Å². The van der Waals surface area contributed by atoms with E-state index < -0.39 is 13.4 Å². The van der Waals surface area contributed by atoms with Crippen molar-refractivity contribution in [1.29, 1.82) is 0 Å². The lowest BCUT2D eigenvalue weighted by Gasteiger charge is -2.29. The molecule has 3 heteroatoms. The van der Waals surface area contributed by atoms with Gasteiger partial charge in [0.25, 0.3) is 0 Å². The lowest BCUT2D eigenvalue weighted by Crippen LogP contribution is -2.31. The maximum atomic E-state index is 13.7. The van der Waals surface area contributed by atoms with E-state index >= 15 is 0 Å². The Morgan fingerprint density at radius 2 is 1.13 bits per heavy atom. The van der Waals surface area contributed by atoms with Gasteiger partial charge in [-0.05, 0) is 34.7 Å². The van der Waals surface area contributed by atoms with Gasteiger partial charge in [-0.15, -0.1) is 0 Å². The van der Waals surface area contributed by atoms with Crippen molar-refractivity contribution in [3.8, 4) is 11.1 Å². The van der Waals surface area contributed by atoms with Crippen LogP contribution in [-0.4, -0.2) is 11.3 Å². The first-order chi connectivity index (χ1) is 14.6. The molecule has 4 aromatic carbocycles. The highest BCUT2D eigenvalue weighted by Crippen LogP contribution is 2.40. The first-order valence-corrected chi connectivity index (χ1v) is 11.7. The highest BCUT2D eigenvalue weighted by Gasteiger charge is 2.34. The molecule has 2 nitrogen and oxygen atoms in total. The predicted molar refractivity (Wildman–Crippen MR) is 126 cm³/mol. The van der Waals surface area contributed by atoms with Crippen molar-refractivity contribution in [2.24, 2.45) is 0 Å². The van der Waals surface area contributed by atoms with Gasteiger partial charge in [0.2, 0.25) is 0 Å². The van der Waals surface area contributed by atoms with E-state index in [1.807, 2.05) is 97.1 Å². The van der Waals surface area contributed by atoms with Gasteiger partial charge in [-0.25, -0.2) is 0 Å². The normalized spacial score (nSPS) is 12.5. The smallest absolute Gasteiger partial charge is 0.121 e. The molecular formula is C27H25O2P. The van der Waals surface area contributed by atoms with Crippen LogP contribution in [0.3, 0.4) is 0 Å². The van der Waals surface area contributed by atoms with Gasteiger partial charge in [-0.1, -0.05) is 109 Å². The Hall–Kier alpha value is -2.93. The first kappa shape index (κ1) is 20.3. The molecular weight excluding hydrogens is 387 g/mol. The summed E-state index contributed by atoms with van der Waals surface area (Å²) in [6, 6.07) is 35.0. The molecule has 0 bridgehead atoms. The fourth-order valence-corrected chi connectivity index (χ4v) is 5.83. The average Bonchev–Trinajstić information content (AvgIpc) is 2.80. The van der Waals surface area contributed by atoms with Crippen LogP contribution in [0.4, 0.5) is 0 Å². The summed E-state index contributed by atoms with van der Waals surface area (Å²) in [7, 11) is -2.31. The number of hydrogen-bond acceptors (Lipinski definition) is 2. The van der Waals surface area contributed by atoms with Crippen molar-refractivity contribution in [3.63, 3.8) is 0 Å². The third-order valence-electron chi connectivity index (χ3n) is 5.58. The monoisotopic (exact) mass is 412 g/mol. The minimum atomic E-state index is -2.31. The summed E-state index contributed by atoms with van der Waals surface area (Å²) in [6.45, 7) is 2.06. The molecule has 0 saturated heterocycles. The van der Waals surface area contributed by atoms with Crippen LogP contribution < -0.4 is 5.30 Å². The van der Waals surface area contributed by atoms with Crippen LogP contribution in [0.25, 0.3) is 11.1 Å². The number of aliphatic hydroxyl groups is 1. The van der Waals surface area contributed by atoms with Crippen LogP contribution in [0.15, 0.2) is 109 Å². The van der Waals surface area contributed by atoms with E-state index in [-0.39, 0.29) is 6.16 Å². The molecule has 0 aromatic heterocycles. The van der Waals surface area contributed by atoms with E-state index in [1.54, 1.807) is 0 Å². The van der Waals surface area contributed by atoms with Gasteiger partial charge in [0, 0.05) is 11.5 Å². The van der Waals surface area contributed by atoms with Gasteiger partial charge < -0.3 is 9.67 Å². The fraction of sp³-hybridized carbons (Fsp3) is 0.111. The Balaban J connectivity index is 1.78. The van der Waals surface area contributed by atoms with E-state index in [1.165, 1.54) is 0 Å². The van der Waals surface area contributed by atoms with E-state index in [4.69, 9.17) is 0 Å². The highest BCUT2D eigenvalue weighted by molar-refractivity contribution is 7.54. The topological polar surface area (TPSA) is 37.3 Å². The maximum absolute atomic E-state index is 13.7. The summed E-state index contributed by atoms with van der Waals surface area (Å²) >= 11 is 0. The summed E-state index contributed by atoms with van der Waals surface area (Å²) in [5.74, 6) is 0. The van der Waals surface area contributed by atoms with Gasteiger partial charge in [0.15, 0.2) is 0 Å². The zero-order valence-electron chi connectivity index (χ0n) is 17.0. The quantitative estimate of drug-likeness (QED) is 0.408. The molecule has 1 unspecified atom stereocenters. The summed E-state index contributed by atoms with van der Waals surface area (Å²) < 4.78 is 13.7. The molecule has 4 aromatic rings. The maximum Gasteiger partial charge on any atom is 0.121 e. The minimum absolute atomic E-state index is 0.147. The molecule has 0 spiro atoms. The molecule has 1 atom stereocenters. The standard InChI is InChI=1S/C27H25O2P/c1-21-12-8-9-17-24(21)25-18-10-11-19-26(25)30(29)20-27(28,22-13-4-2-5-14-22)23-15-6-3-7-16-23/h2-19,28,30H,20H2,1H3.